The quantitative estimate of drug-likeness (QED) is 0.664. The molecular formula is C25H28FN3O2. The molecule has 1 amide bonds. The summed E-state index contributed by atoms with van der Waals surface area (Å²) < 4.78 is 21.0. The number of aromatic amines is 1. The fourth-order valence-electron chi connectivity index (χ4n) is 5.13. The van der Waals surface area contributed by atoms with E-state index < -0.39 is 11.4 Å². The Morgan fingerprint density at radius 3 is 2.77 bits per heavy atom. The second-order valence-corrected chi connectivity index (χ2v) is 10.3. The number of fused-ring (bicyclic) bond motifs is 3. The maximum absolute atomic E-state index is 15.5. The van der Waals surface area contributed by atoms with Crippen molar-refractivity contribution in [3.63, 3.8) is 0 Å². The van der Waals surface area contributed by atoms with E-state index in [1.165, 1.54) is 24.5 Å². The zero-order valence-electron chi connectivity index (χ0n) is 18.4. The summed E-state index contributed by atoms with van der Waals surface area (Å²) in [6.07, 6.45) is 7.78. The van der Waals surface area contributed by atoms with Crippen molar-refractivity contribution >= 4 is 22.6 Å². The zero-order chi connectivity index (χ0) is 22.0. The number of carbonyl (C=O) groups excluding carboxylic acids is 1. The minimum atomic E-state index is -0.580. The van der Waals surface area contributed by atoms with E-state index in [-0.39, 0.29) is 6.09 Å². The van der Waals surface area contributed by atoms with Gasteiger partial charge in [-0.3, -0.25) is 0 Å². The van der Waals surface area contributed by atoms with Crippen molar-refractivity contribution in [2.45, 2.75) is 64.9 Å². The number of nitrogens with zero attached hydrogens (tertiary/aromatic N) is 2. The Morgan fingerprint density at radius 2 is 2.10 bits per heavy atom. The molecule has 31 heavy (non-hydrogen) atoms. The molecule has 1 fully saturated rings. The van der Waals surface area contributed by atoms with E-state index in [4.69, 9.17) is 4.74 Å². The van der Waals surface area contributed by atoms with E-state index in [0.29, 0.717) is 36.1 Å². The lowest BCUT2D eigenvalue weighted by atomic mass is 9.82. The number of halogens is 1. The van der Waals surface area contributed by atoms with E-state index in [1.54, 1.807) is 4.90 Å². The van der Waals surface area contributed by atoms with Crippen LogP contribution >= 0.6 is 0 Å². The molecule has 5 nitrogen and oxygen atoms in total. The summed E-state index contributed by atoms with van der Waals surface area (Å²) >= 11 is 0. The summed E-state index contributed by atoms with van der Waals surface area (Å²) in [5, 5.41) is 10.5. The van der Waals surface area contributed by atoms with Crippen molar-refractivity contribution in [3.05, 3.63) is 40.3 Å². The number of carbonyl (C=O) groups is 1. The molecule has 1 aromatic heterocycles. The van der Waals surface area contributed by atoms with Crippen LogP contribution in [0.1, 0.15) is 68.8 Å². The third-order valence-corrected chi connectivity index (χ3v) is 6.88. The van der Waals surface area contributed by atoms with Gasteiger partial charge in [-0.05, 0) is 81.9 Å². The summed E-state index contributed by atoms with van der Waals surface area (Å²) in [4.78, 5) is 17.7. The smallest absolute Gasteiger partial charge is 0.410 e. The number of H-pyrrole nitrogens is 1. The van der Waals surface area contributed by atoms with Crippen molar-refractivity contribution in [1.82, 2.24) is 9.88 Å². The molecule has 0 unspecified atom stereocenters. The third kappa shape index (κ3) is 3.50. The molecule has 0 radical (unpaired) electrons. The molecular weight excluding hydrogens is 393 g/mol. The first-order chi connectivity index (χ1) is 14.7. The molecule has 6 heteroatoms. The summed E-state index contributed by atoms with van der Waals surface area (Å²) in [5.74, 6) is -0.390. The Kier molecular flexibility index (Phi) is 4.44. The van der Waals surface area contributed by atoms with Crippen molar-refractivity contribution in [1.29, 1.82) is 5.26 Å². The molecule has 1 saturated carbocycles. The number of hydrogen-bond acceptors (Lipinski definition) is 3. The second-order valence-electron chi connectivity index (χ2n) is 10.3. The van der Waals surface area contributed by atoms with Crippen molar-refractivity contribution < 1.29 is 13.9 Å². The highest BCUT2D eigenvalue weighted by Crippen LogP contribution is 2.56. The summed E-state index contributed by atoms with van der Waals surface area (Å²) in [7, 11) is 0. The Morgan fingerprint density at radius 1 is 1.32 bits per heavy atom. The molecule has 162 valence electrons. The largest absolute Gasteiger partial charge is 0.444 e. The van der Waals surface area contributed by atoms with Crippen LogP contribution in [0.5, 0.6) is 0 Å². The minimum Gasteiger partial charge on any atom is -0.444 e. The van der Waals surface area contributed by atoms with Crippen LogP contribution in [-0.2, 0) is 17.6 Å². The highest BCUT2D eigenvalue weighted by atomic mass is 19.1. The Labute approximate surface area is 181 Å². The standard InChI is InChI=1S/C25H28FN3O2/c1-24(2,3)31-23(30)29-10-4-5-15(14-29)20-18(26)11-16(13-27)22-21(20)17-12-25(8-9-25)7-6-19(17)28-22/h5,11,28H,4,6-10,12,14H2,1-3H3. The van der Waals surface area contributed by atoms with E-state index in [2.05, 4.69) is 11.1 Å². The van der Waals surface area contributed by atoms with Gasteiger partial charge in [-0.1, -0.05) is 6.08 Å². The SMILES string of the molecule is CC(C)(C)OC(=O)N1CCC=C(c2c(F)cc(C#N)c3[nH]c4c(c23)CC2(CC4)CC2)C1. The molecule has 3 aliphatic rings. The first-order valence-electron chi connectivity index (χ1n) is 11.1. The van der Waals surface area contributed by atoms with Crippen LogP contribution in [0.15, 0.2) is 12.1 Å². The third-order valence-electron chi connectivity index (χ3n) is 6.88. The van der Waals surface area contributed by atoms with Gasteiger partial charge in [0, 0.05) is 29.7 Å². The topological polar surface area (TPSA) is 69.1 Å². The van der Waals surface area contributed by atoms with E-state index in [9.17, 15) is 10.1 Å². The van der Waals surface area contributed by atoms with Crippen LogP contribution in [0.2, 0.25) is 0 Å². The van der Waals surface area contributed by atoms with Gasteiger partial charge in [0.2, 0.25) is 0 Å². The molecule has 1 spiro atoms. The normalized spacial score (nSPS) is 19.7. The van der Waals surface area contributed by atoms with Crippen molar-refractivity contribution in [2.24, 2.45) is 5.41 Å². The molecule has 1 aromatic carbocycles. The second kappa shape index (κ2) is 6.85. The van der Waals surface area contributed by atoms with Gasteiger partial charge in [-0.2, -0.15) is 5.26 Å². The molecule has 1 aliphatic heterocycles. The number of aromatic nitrogens is 1. The maximum Gasteiger partial charge on any atom is 0.410 e. The van der Waals surface area contributed by atoms with Crippen LogP contribution in [0.3, 0.4) is 0 Å². The lowest BCUT2D eigenvalue weighted by molar-refractivity contribution is 0.0273. The molecule has 0 atom stereocenters. The summed E-state index contributed by atoms with van der Waals surface area (Å²) in [6.45, 7) is 6.38. The highest BCUT2D eigenvalue weighted by Gasteiger charge is 2.46. The number of rotatable bonds is 1. The Bertz CT molecular complexity index is 1160. The molecule has 2 heterocycles. The number of ether oxygens (including phenoxy) is 1. The molecule has 0 bridgehead atoms. The van der Waals surface area contributed by atoms with E-state index in [1.807, 2.05) is 26.8 Å². The van der Waals surface area contributed by atoms with Crippen LogP contribution in [0.25, 0.3) is 16.5 Å². The van der Waals surface area contributed by atoms with Gasteiger partial charge in [0.15, 0.2) is 0 Å². The fourth-order valence-corrected chi connectivity index (χ4v) is 5.13. The lowest BCUT2D eigenvalue weighted by Crippen LogP contribution is -2.39. The average Bonchev–Trinajstić information content (AvgIpc) is 3.36. The number of amides is 1. The van der Waals surface area contributed by atoms with Crippen molar-refractivity contribution in [2.75, 3.05) is 13.1 Å². The van der Waals surface area contributed by atoms with Crippen LogP contribution in [0, 0.1) is 22.6 Å². The minimum absolute atomic E-state index is 0.304. The average molecular weight is 422 g/mol. The highest BCUT2D eigenvalue weighted by molar-refractivity contribution is 5.99. The van der Waals surface area contributed by atoms with Gasteiger partial charge in [-0.25, -0.2) is 9.18 Å². The molecule has 2 aliphatic carbocycles. The first-order valence-corrected chi connectivity index (χ1v) is 11.1. The van der Waals surface area contributed by atoms with Crippen LogP contribution in [0.4, 0.5) is 9.18 Å². The first kappa shape index (κ1) is 20.1. The van der Waals surface area contributed by atoms with E-state index >= 15 is 4.39 Å². The number of benzene rings is 1. The number of hydrogen-bond donors (Lipinski definition) is 1. The number of nitrogens with one attached hydrogen (secondary N) is 1. The summed E-state index contributed by atoms with van der Waals surface area (Å²) in [5.41, 5.74) is 4.49. The Balaban J connectivity index is 1.59. The van der Waals surface area contributed by atoms with Crippen LogP contribution in [-0.4, -0.2) is 34.7 Å². The maximum atomic E-state index is 15.5. The predicted octanol–water partition coefficient (Wildman–Crippen LogP) is 5.47. The molecule has 1 N–H and O–H groups in total. The zero-order valence-corrected chi connectivity index (χ0v) is 18.4. The van der Waals surface area contributed by atoms with Gasteiger partial charge >= 0.3 is 6.09 Å². The van der Waals surface area contributed by atoms with Gasteiger partial charge < -0.3 is 14.6 Å². The Hall–Kier alpha value is -2.81. The van der Waals surface area contributed by atoms with Gasteiger partial charge in [-0.15, -0.1) is 0 Å². The summed E-state index contributed by atoms with van der Waals surface area (Å²) in [6, 6.07) is 3.50. The molecule has 2 aromatic rings. The fraction of sp³-hybridized carbons (Fsp3) is 0.520. The van der Waals surface area contributed by atoms with Crippen molar-refractivity contribution in [3.8, 4) is 6.07 Å². The van der Waals surface area contributed by atoms with Gasteiger partial charge in [0.05, 0.1) is 11.1 Å². The monoisotopic (exact) mass is 421 g/mol. The van der Waals surface area contributed by atoms with Gasteiger partial charge in [0.25, 0.3) is 0 Å². The van der Waals surface area contributed by atoms with Gasteiger partial charge in [0.1, 0.15) is 17.5 Å². The van der Waals surface area contributed by atoms with E-state index in [0.717, 1.165) is 41.4 Å². The van der Waals surface area contributed by atoms with Crippen LogP contribution < -0.4 is 0 Å². The predicted molar refractivity (Wildman–Crippen MR) is 117 cm³/mol. The molecule has 0 saturated heterocycles. The number of aryl methyl sites for hydroxylation is 1. The lowest BCUT2D eigenvalue weighted by Gasteiger charge is -2.31. The molecule has 5 rings (SSSR count). The number of nitriles is 1.